The molecule has 1 rings (SSSR count). The molecule has 0 aromatic heterocycles. The van der Waals surface area contributed by atoms with Crippen molar-refractivity contribution in [2.75, 3.05) is 14.2 Å². The predicted octanol–water partition coefficient (Wildman–Crippen LogP) is 0.491. The quantitative estimate of drug-likeness (QED) is 0.534. The molecular weight excluding hydrogens is 139 g/mol. The molecule has 0 aromatic rings. The third-order valence-corrected chi connectivity index (χ3v) is 1.67. The van der Waals surface area contributed by atoms with Crippen molar-refractivity contribution in [3.63, 3.8) is 0 Å². The highest BCUT2D eigenvalue weighted by Gasteiger charge is 2.61. The second-order valence-corrected chi connectivity index (χ2v) is 2.27. The van der Waals surface area contributed by atoms with Gasteiger partial charge in [0.25, 0.3) is 0 Å². The molecule has 0 radical (unpaired) electrons. The Bertz CT molecular complexity index is 159. The van der Waals surface area contributed by atoms with Crippen LogP contribution in [0, 0.1) is 5.92 Å². The molecule has 0 aliphatic heterocycles. The Balaban J connectivity index is 2.44. The maximum absolute atomic E-state index is 12.8. The molecule has 58 valence electrons. The van der Waals surface area contributed by atoms with Gasteiger partial charge in [0.2, 0.25) is 5.85 Å². The monoisotopic (exact) mass is 148 g/mol. The summed E-state index contributed by atoms with van der Waals surface area (Å²) in [5, 5.41) is 0. The smallest absolute Gasteiger partial charge is 0.314 e. The lowest BCUT2D eigenvalue weighted by atomic mass is 10.4. The van der Waals surface area contributed by atoms with E-state index in [-0.39, 0.29) is 6.42 Å². The highest BCUT2D eigenvalue weighted by atomic mass is 19.2. The van der Waals surface area contributed by atoms with Gasteiger partial charge >= 0.3 is 5.97 Å². The normalized spacial score (nSPS) is 37.3. The van der Waals surface area contributed by atoms with Crippen LogP contribution in [0.15, 0.2) is 0 Å². The van der Waals surface area contributed by atoms with E-state index < -0.39 is 17.7 Å². The number of esters is 1. The number of methoxy groups -OCH3 is 2. The van der Waals surface area contributed by atoms with Gasteiger partial charge in [-0.05, 0) is 0 Å². The van der Waals surface area contributed by atoms with Gasteiger partial charge in [-0.15, -0.1) is 0 Å². The van der Waals surface area contributed by atoms with Crippen LogP contribution in [0.1, 0.15) is 6.42 Å². The van der Waals surface area contributed by atoms with E-state index in [2.05, 4.69) is 9.47 Å². The first-order valence-corrected chi connectivity index (χ1v) is 2.96. The lowest BCUT2D eigenvalue weighted by molar-refractivity contribution is -0.147. The molecule has 1 aliphatic carbocycles. The number of hydrogen-bond acceptors (Lipinski definition) is 3. The third-order valence-electron chi connectivity index (χ3n) is 1.67. The first-order chi connectivity index (χ1) is 4.64. The van der Waals surface area contributed by atoms with E-state index in [0.29, 0.717) is 0 Å². The largest absolute Gasteiger partial charge is 0.469 e. The second-order valence-electron chi connectivity index (χ2n) is 2.27. The fourth-order valence-electron chi connectivity index (χ4n) is 0.847. The van der Waals surface area contributed by atoms with Crippen LogP contribution in [0.2, 0.25) is 0 Å². The average Bonchev–Trinajstić information content (AvgIpc) is 2.62. The maximum Gasteiger partial charge on any atom is 0.314 e. The summed E-state index contributed by atoms with van der Waals surface area (Å²) in [6.07, 6.45) is 0.121. The Morgan fingerprint density at radius 3 is 2.60 bits per heavy atom. The lowest BCUT2D eigenvalue weighted by Crippen LogP contribution is -2.14. The van der Waals surface area contributed by atoms with Crippen molar-refractivity contribution in [3.05, 3.63) is 0 Å². The number of carbonyl (C=O) groups excluding carboxylic acids is 1. The van der Waals surface area contributed by atoms with Gasteiger partial charge in [-0.3, -0.25) is 4.79 Å². The van der Waals surface area contributed by atoms with Crippen LogP contribution in [-0.2, 0) is 14.3 Å². The SMILES string of the molecule is COC(=O)[C@@H]1C[C@]1(F)OC. The summed E-state index contributed by atoms with van der Waals surface area (Å²) in [6.45, 7) is 0. The van der Waals surface area contributed by atoms with E-state index in [4.69, 9.17) is 0 Å². The minimum Gasteiger partial charge on any atom is -0.469 e. The van der Waals surface area contributed by atoms with Gasteiger partial charge in [-0.2, -0.15) is 0 Å². The highest BCUT2D eigenvalue weighted by molar-refractivity contribution is 5.77. The molecular formula is C6H9FO3. The Morgan fingerprint density at radius 2 is 2.30 bits per heavy atom. The zero-order chi connectivity index (χ0) is 7.78. The number of carbonyl (C=O) groups is 1. The van der Waals surface area contributed by atoms with Crippen molar-refractivity contribution in [2.45, 2.75) is 12.3 Å². The van der Waals surface area contributed by atoms with Gasteiger partial charge in [-0.1, -0.05) is 0 Å². The molecule has 0 heterocycles. The van der Waals surface area contributed by atoms with Crippen LogP contribution in [0.4, 0.5) is 4.39 Å². The zero-order valence-corrected chi connectivity index (χ0v) is 5.89. The van der Waals surface area contributed by atoms with Crippen LogP contribution >= 0.6 is 0 Å². The summed E-state index contributed by atoms with van der Waals surface area (Å²) < 4.78 is 21.5. The molecule has 0 bridgehead atoms. The van der Waals surface area contributed by atoms with E-state index in [1.807, 2.05) is 0 Å². The molecule has 0 spiro atoms. The van der Waals surface area contributed by atoms with Gasteiger partial charge < -0.3 is 9.47 Å². The summed E-state index contributed by atoms with van der Waals surface area (Å²) in [4.78, 5) is 10.6. The highest BCUT2D eigenvalue weighted by Crippen LogP contribution is 2.48. The van der Waals surface area contributed by atoms with Crippen molar-refractivity contribution in [1.82, 2.24) is 0 Å². The molecule has 0 unspecified atom stereocenters. The third kappa shape index (κ3) is 0.988. The summed E-state index contributed by atoms with van der Waals surface area (Å²) in [5.41, 5.74) is 0. The van der Waals surface area contributed by atoms with E-state index >= 15 is 0 Å². The van der Waals surface area contributed by atoms with Gasteiger partial charge in [0, 0.05) is 13.5 Å². The summed E-state index contributed by atoms with van der Waals surface area (Å²) >= 11 is 0. The molecule has 0 amide bonds. The molecule has 4 heteroatoms. The predicted molar refractivity (Wildman–Crippen MR) is 31.0 cm³/mol. The fourth-order valence-corrected chi connectivity index (χ4v) is 0.847. The molecule has 1 fully saturated rings. The standard InChI is InChI=1S/C6H9FO3/c1-9-5(8)4-3-6(4,7)10-2/h4H,3H2,1-2H3/t4-,6-/m0/s1. The number of alkyl halides is 1. The molecule has 1 saturated carbocycles. The van der Waals surface area contributed by atoms with Crippen molar-refractivity contribution in [2.24, 2.45) is 5.92 Å². The average molecular weight is 148 g/mol. The van der Waals surface area contributed by atoms with Crippen molar-refractivity contribution >= 4 is 5.97 Å². The Hall–Kier alpha value is -0.640. The summed E-state index contributed by atoms with van der Waals surface area (Å²) in [7, 11) is 2.47. The zero-order valence-electron chi connectivity index (χ0n) is 5.89. The van der Waals surface area contributed by atoms with Crippen molar-refractivity contribution in [1.29, 1.82) is 0 Å². The van der Waals surface area contributed by atoms with Gasteiger partial charge in [0.15, 0.2) is 0 Å². The van der Waals surface area contributed by atoms with Crippen LogP contribution < -0.4 is 0 Å². The van der Waals surface area contributed by atoms with E-state index in [1.165, 1.54) is 14.2 Å². The molecule has 1 aliphatic rings. The molecule has 10 heavy (non-hydrogen) atoms. The molecule has 3 nitrogen and oxygen atoms in total. The topological polar surface area (TPSA) is 35.5 Å². The van der Waals surface area contributed by atoms with Crippen LogP contribution in [0.25, 0.3) is 0 Å². The first-order valence-electron chi connectivity index (χ1n) is 2.96. The van der Waals surface area contributed by atoms with Gasteiger partial charge in [0.1, 0.15) is 5.92 Å². The first kappa shape index (κ1) is 7.47. The van der Waals surface area contributed by atoms with Crippen LogP contribution in [0.5, 0.6) is 0 Å². The van der Waals surface area contributed by atoms with E-state index in [1.54, 1.807) is 0 Å². The fraction of sp³-hybridized carbons (Fsp3) is 0.833. The van der Waals surface area contributed by atoms with Gasteiger partial charge in [0.05, 0.1) is 7.11 Å². The maximum atomic E-state index is 12.8. The summed E-state index contributed by atoms with van der Waals surface area (Å²) in [5.74, 6) is -2.99. The molecule has 0 aromatic carbocycles. The van der Waals surface area contributed by atoms with Crippen LogP contribution in [-0.4, -0.2) is 26.0 Å². The number of hydrogen-bond donors (Lipinski definition) is 0. The van der Waals surface area contributed by atoms with E-state index in [0.717, 1.165) is 0 Å². The van der Waals surface area contributed by atoms with Crippen LogP contribution in [0.3, 0.4) is 0 Å². The molecule has 0 N–H and O–H groups in total. The number of halogens is 1. The van der Waals surface area contributed by atoms with Gasteiger partial charge in [-0.25, -0.2) is 4.39 Å². The minimum atomic E-state index is -1.74. The lowest BCUT2D eigenvalue weighted by Gasteiger charge is -2.01. The Kier molecular flexibility index (Phi) is 1.64. The van der Waals surface area contributed by atoms with Crippen molar-refractivity contribution in [3.8, 4) is 0 Å². The minimum absolute atomic E-state index is 0.121. The number of ether oxygens (including phenoxy) is 2. The number of rotatable bonds is 2. The van der Waals surface area contributed by atoms with E-state index in [9.17, 15) is 9.18 Å². The summed E-state index contributed by atoms with van der Waals surface area (Å²) in [6, 6.07) is 0. The van der Waals surface area contributed by atoms with Crippen molar-refractivity contribution < 1.29 is 18.7 Å². The Morgan fingerprint density at radius 1 is 1.70 bits per heavy atom. The Labute approximate surface area is 58.1 Å². The second kappa shape index (κ2) is 2.20. The molecule has 2 atom stereocenters. The molecule has 0 saturated heterocycles.